The standard InChI is InChI=1S/C17H24N4O4/c1-6-7-18-17(22)19-14-10(2)20-21-15(14)11-8-12(23-3)16(25-5)13(9-11)24-4/h8-9H,6-7H2,1-5H3,(H,20,21)(H2,18,19,22). The first kappa shape index (κ1) is 18.4. The van der Waals surface area contributed by atoms with Crippen LogP contribution in [0.15, 0.2) is 12.1 Å². The number of nitrogens with zero attached hydrogens (tertiary/aromatic N) is 1. The number of aromatic amines is 1. The largest absolute Gasteiger partial charge is 0.493 e. The third-order valence-electron chi connectivity index (χ3n) is 3.66. The van der Waals surface area contributed by atoms with Crippen LogP contribution in [0.5, 0.6) is 17.2 Å². The highest BCUT2D eigenvalue weighted by molar-refractivity contribution is 5.94. The summed E-state index contributed by atoms with van der Waals surface area (Å²) in [6.45, 7) is 4.43. The lowest BCUT2D eigenvalue weighted by Gasteiger charge is -2.14. The Labute approximate surface area is 146 Å². The summed E-state index contributed by atoms with van der Waals surface area (Å²) in [6.07, 6.45) is 0.859. The maximum atomic E-state index is 12.0. The molecular formula is C17H24N4O4. The summed E-state index contributed by atoms with van der Waals surface area (Å²) in [4.78, 5) is 12.0. The van der Waals surface area contributed by atoms with Crippen LogP contribution in [0.25, 0.3) is 11.3 Å². The van der Waals surface area contributed by atoms with Gasteiger partial charge in [-0.3, -0.25) is 5.10 Å². The Hall–Kier alpha value is -2.90. The highest BCUT2D eigenvalue weighted by atomic mass is 16.5. The highest BCUT2D eigenvalue weighted by Crippen LogP contribution is 2.42. The average molecular weight is 348 g/mol. The van der Waals surface area contributed by atoms with Crippen LogP contribution in [0.1, 0.15) is 19.0 Å². The fourth-order valence-corrected chi connectivity index (χ4v) is 2.41. The SMILES string of the molecule is CCCNC(=O)Nc1c(-c2cc(OC)c(OC)c(OC)c2)n[nH]c1C. The Morgan fingerprint density at radius 3 is 2.32 bits per heavy atom. The molecule has 0 saturated heterocycles. The summed E-state index contributed by atoms with van der Waals surface area (Å²) in [5, 5.41) is 12.8. The monoisotopic (exact) mass is 348 g/mol. The summed E-state index contributed by atoms with van der Waals surface area (Å²) in [7, 11) is 4.65. The quantitative estimate of drug-likeness (QED) is 0.715. The van der Waals surface area contributed by atoms with Crippen LogP contribution < -0.4 is 24.8 Å². The van der Waals surface area contributed by atoms with Gasteiger partial charge in [0.1, 0.15) is 5.69 Å². The second-order valence-electron chi connectivity index (χ2n) is 5.37. The van der Waals surface area contributed by atoms with E-state index in [0.29, 0.717) is 35.2 Å². The van der Waals surface area contributed by atoms with E-state index in [2.05, 4.69) is 20.8 Å². The highest BCUT2D eigenvalue weighted by Gasteiger charge is 2.19. The van der Waals surface area contributed by atoms with Gasteiger partial charge in [-0.2, -0.15) is 5.10 Å². The first-order chi connectivity index (χ1) is 12.0. The minimum atomic E-state index is -0.278. The zero-order valence-corrected chi connectivity index (χ0v) is 15.1. The lowest BCUT2D eigenvalue weighted by atomic mass is 10.1. The van der Waals surface area contributed by atoms with Crippen molar-refractivity contribution in [3.8, 4) is 28.5 Å². The molecule has 0 saturated carbocycles. The fraction of sp³-hybridized carbons (Fsp3) is 0.412. The number of rotatable bonds is 7. The molecule has 0 atom stereocenters. The minimum absolute atomic E-state index is 0.278. The minimum Gasteiger partial charge on any atom is -0.493 e. The Balaban J connectivity index is 2.44. The molecule has 2 amide bonds. The topological polar surface area (TPSA) is 97.5 Å². The number of anilines is 1. The van der Waals surface area contributed by atoms with Gasteiger partial charge in [-0.05, 0) is 25.5 Å². The molecule has 1 aromatic carbocycles. The van der Waals surface area contributed by atoms with Crippen LogP contribution in [0.3, 0.4) is 0 Å². The maximum absolute atomic E-state index is 12.0. The summed E-state index contributed by atoms with van der Waals surface area (Å²) < 4.78 is 16.1. The molecule has 2 aromatic rings. The summed E-state index contributed by atoms with van der Waals surface area (Å²) >= 11 is 0. The first-order valence-corrected chi connectivity index (χ1v) is 7.95. The Kier molecular flexibility index (Phi) is 6.10. The number of hydrogen-bond donors (Lipinski definition) is 3. The van der Waals surface area contributed by atoms with E-state index in [1.165, 1.54) is 0 Å². The van der Waals surface area contributed by atoms with E-state index in [0.717, 1.165) is 17.7 Å². The van der Waals surface area contributed by atoms with E-state index >= 15 is 0 Å². The van der Waals surface area contributed by atoms with Gasteiger partial charge < -0.3 is 24.8 Å². The number of ether oxygens (including phenoxy) is 3. The number of urea groups is 1. The average Bonchev–Trinajstić information content (AvgIpc) is 2.99. The number of benzene rings is 1. The van der Waals surface area contributed by atoms with Crippen molar-refractivity contribution < 1.29 is 19.0 Å². The molecule has 0 fully saturated rings. The normalized spacial score (nSPS) is 10.3. The van der Waals surface area contributed by atoms with Crippen LogP contribution in [-0.2, 0) is 0 Å². The molecule has 3 N–H and O–H groups in total. The Morgan fingerprint density at radius 2 is 1.80 bits per heavy atom. The molecule has 2 rings (SSSR count). The second-order valence-corrected chi connectivity index (χ2v) is 5.37. The van der Waals surface area contributed by atoms with Crippen molar-refractivity contribution in [3.05, 3.63) is 17.8 Å². The molecule has 0 aliphatic heterocycles. The van der Waals surface area contributed by atoms with Crippen LogP contribution in [0.4, 0.5) is 10.5 Å². The molecule has 0 radical (unpaired) electrons. The van der Waals surface area contributed by atoms with Crippen LogP contribution in [0.2, 0.25) is 0 Å². The van der Waals surface area contributed by atoms with Crippen LogP contribution in [0, 0.1) is 6.92 Å². The second kappa shape index (κ2) is 8.27. The van der Waals surface area contributed by atoms with Crippen molar-refractivity contribution in [1.82, 2.24) is 15.5 Å². The summed E-state index contributed by atoms with van der Waals surface area (Å²) in [5.74, 6) is 1.52. The van der Waals surface area contributed by atoms with Gasteiger partial charge in [0.25, 0.3) is 0 Å². The van der Waals surface area contributed by atoms with Gasteiger partial charge in [0, 0.05) is 12.1 Å². The van der Waals surface area contributed by atoms with Crippen LogP contribution >= 0.6 is 0 Å². The van der Waals surface area contributed by atoms with Gasteiger partial charge in [-0.15, -0.1) is 0 Å². The third kappa shape index (κ3) is 3.96. The van der Waals surface area contributed by atoms with E-state index < -0.39 is 0 Å². The van der Waals surface area contributed by atoms with Crippen molar-refractivity contribution in [3.63, 3.8) is 0 Å². The molecule has 0 unspecified atom stereocenters. The van der Waals surface area contributed by atoms with Crippen molar-refractivity contribution in [1.29, 1.82) is 0 Å². The van der Waals surface area contributed by atoms with Gasteiger partial charge >= 0.3 is 6.03 Å². The van der Waals surface area contributed by atoms with E-state index in [1.54, 1.807) is 33.5 Å². The van der Waals surface area contributed by atoms with E-state index in [-0.39, 0.29) is 6.03 Å². The van der Waals surface area contributed by atoms with E-state index in [4.69, 9.17) is 14.2 Å². The van der Waals surface area contributed by atoms with Gasteiger partial charge in [0.2, 0.25) is 5.75 Å². The number of amides is 2. The molecule has 0 spiro atoms. The smallest absolute Gasteiger partial charge is 0.319 e. The summed E-state index contributed by atoms with van der Waals surface area (Å²) in [5.41, 5.74) is 2.66. The van der Waals surface area contributed by atoms with Crippen molar-refractivity contribution in [2.24, 2.45) is 0 Å². The molecule has 1 heterocycles. The van der Waals surface area contributed by atoms with Gasteiger partial charge in [0.15, 0.2) is 11.5 Å². The molecule has 8 heteroatoms. The first-order valence-electron chi connectivity index (χ1n) is 7.95. The maximum Gasteiger partial charge on any atom is 0.319 e. The van der Waals surface area contributed by atoms with E-state index in [9.17, 15) is 4.79 Å². The third-order valence-corrected chi connectivity index (χ3v) is 3.66. The van der Waals surface area contributed by atoms with Crippen molar-refractivity contribution in [2.45, 2.75) is 20.3 Å². The molecule has 1 aromatic heterocycles. The van der Waals surface area contributed by atoms with E-state index in [1.807, 2.05) is 13.8 Å². The number of carbonyl (C=O) groups excluding carboxylic acids is 1. The zero-order valence-electron chi connectivity index (χ0n) is 15.1. The molecule has 25 heavy (non-hydrogen) atoms. The Morgan fingerprint density at radius 1 is 1.16 bits per heavy atom. The number of methoxy groups -OCH3 is 3. The van der Waals surface area contributed by atoms with Crippen LogP contribution in [-0.4, -0.2) is 44.1 Å². The Bertz CT molecular complexity index is 717. The number of hydrogen-bond acceptors (Lipinski definition) is 5. The lowest BCUT2D eigenvalue weighted by molar-refractivity contribution is 0.252. The lowest BCUT2D eigenvalue weighted by Crippen LogP contribution is -2.29. The zero-order chi connectivity index (χ0) is 18.4. The predicted molar refractivity (Wildman–Crippen MR) is 95.7 cm³/mol. The van der Waals surface area contributed by atoms with Gasteiger partial charge in [-0.1, -0.05) is 6.92 Å². The van der Waals surface area contributed by atoms with Crippen molar-refractivity contribution >= 4 is 11.7 Å². The fourth-order valence-electron chi connectivity index (χ4n) is 2.41. The van der Waals surface area contributed by atoms with Gasteiger partial charge in [0.05, 0.1) is 32.7 Å². The molecular weight excluding hydrogens is 324 g/mol. The number of carbonyl (C=O) groups is 1. The molecule has 8 nitrogen and oxygen atoms in total. The summed E-state index contributed by atoms with van der Waals surface area (Å²) in [6, 6.07) is 3.29. The van der Waals surface area contributed by atoms with Crippen molar-refractivity contribution in [2.75, 3.05) is 33.2 Å². The van der Waals surface area contributed by atoms with Gasteiger partial charge in [-0.25, -0.2) is 4.79 Å². The molecule has 0 aliphatic rings. The molecule has 0 aliphatic carbocycles. The number of nitrogens with one attached hydrogen (secondary N) is 3. The predicted octanol–water partition coefficient (Wildman–Crippen LogP) is 2.94. The number of H-pyrrole nitrogens is 1. The number of aryl methyl sites for hydroxylation is 1. The number of aromatic nitrogens is 2. The molecule has 136 valence electrons. The molecule has 0 bridgehead atoms.